The number of hydrogen-bond donors (Lipinski definition) is 0. The molecule has 0 spiro atoms. The van der Waals surface area contributed by atoms with E-state index in [9.17, 15) is 8.78 Å². The Morgan fingerprint density at radius 1 is 1.20 bits per heavy atom. The minimum atomic E-state index is -1.56. The van der Waals surface area contributed by atoms with Crippen LogP contribution in [0.5, 0.6) is 0 Å². The van der Waals surface area contributed by atoms with Crippen molar-refractivity contribution in [2.75, 3.05) is 0 Å². The maximum absolute atomic E-state index is 11.4. The van der Waals surface area contributed by atoms with Crippen LogP contribution in [0.25, 0.3) is 0 Å². The molecule has 0 unspecified atom stereocenters. The summed E-state index contributed by atoms with van der Waals surface area (Å²) in [5.74, 6) is 0. The Morgan fingerprint density at radius 3 is 2.40 bits per heavy atom. The zero-order valence-corrected chi connectivity index (χ0v) is 6.08. The fourth-order valence-electron chi connectivity index (χ4n) is 0.709. The van der Waals surface area contributed by atoms with Crippen molar-refractivity contribution in [2.24, 2.45) is 0 Å². The van der Waals surface area contributed by atoms with E-state index in [4.69, 9.17) is 0 Å². The van der Waals surface area contributed by atoms with E-state index in [1.165, 1.54) is 0 Å². The van der Waals surface area contributed by atoms with Crippen molar-refractivity contribution in [3.63, 3.8) is 0 Å². The third-order valence-electron chi connectivity index (χ3n) is 1.25. The fraction of sp³-hybridized carbons (Fsp3) is 0.625. The van der Waals surface area contributed by atoms with E-state index in [0.717, 1.165) is 31.8 Å². The zero-order chi connectivity index (χ0) is 7.82. The summed E-state index contributed by atoms with van der Waals surface area (Å²) in [7, 11) is 0. The standard InChI is InChI=1S/C8H13F2/c1-2-3-4-5-6-7-8(9)10/h7H,1-6H2. The predicted molar refractivity (Wildman–Crippen MR) is 38.7 cm³/mol. The molecule has 0 aromatic rings. The topological polar surface area (TPSA) is 0 Å². The normalized spacial score (nSPS) is 9.50. The van der Waals surface area contributed by atoms with E-state index in [0.29, 0.717) is 6.42 Å². The lowest BCUT2D eigenvalue weighted by Gasteiger charge is -1.92. The Bertz CT molecular complexity index is 93.4. The van der Waals surface area contributed by atoms with Crippen LogP contribution in [0.4, 0.5) is 8.78 Å². The van der Waals surface area contributed by atoms with Crippen molar-refractivity contribution in [3.05, 3.63) is 19.1 Å². The molecule has 0 nitrogen and oxygen atoms in total. The van der Waals surface area contributed by atoms with E-state index in [2.05, 4.69) is 6.92 Å². The minimum Gasteiger partial charge on any atom is -0.174 e. The molecule has 0 rings (SSSR count). The Morgan fingerprint density at radius 2 is 1.90 bits per heavy atom. The molecule has 0 aliphatic heterocycles. The van der Waals surface area contributed by atoms with Crippen LogP contribution in [0, 0.1) is 6.92 Å². The van der Waals surface area contributed by atoms with Gasteiger partial charge in [0.05, 0.1) is 0 Å². The van der Waals surface area contributed by atoms with E-state index in [1.54, 1.807) is 0 Å². The van der Waals surface area contributed by atoms with Crippen LogP contribution >= 0.6 is 0 Å². The Hall–Kier alpha value is -0.400. The van der Waals surface area contributed by atoms with Gasteiger partial charge in [-0.05, 0) is 18.9 Å². The van der Waals surface area contributed by atoms with Gasteiger partial charge in [0.25, 0.3) is 6.08 Å². The molecule has 0 aliphatic rings. The molecule has 0 bridgehead atoms. The van der Waals surface area contributed by atoms with Gasteiger partial charge in [-0.15, -0.1) is 0 Å². The summed E-state index contributed by atoms with van der Waals surface area (Å²) < 4.78 is 22.8. The van der Waals surface area contributed by atoms with E-state index < -0.39 is 6.08 Å². The van der Waals surface area contributed by atoms with Gasteiger partial charge in [0.1, 0.15) is 0 Å². The van der Waals surface area contributed by atoms with Crippen LogP contribution in [-0.2, 0) is 0 Å². The minimum absolute atomic E-state index is 0.502. The van der Waals surface area contributed by atoms with Gasteiger partial charge in [-0.1, -0.05) is 26.2 Å². The average molecular weight is 147 g/mol. The third kappa shape index (κ3) is 7.60. The lowest BCUT2D eigenvalue weighted by Crippen LogP contribution is -1.73. The summed E-state index contributed by atoms with van der Waals surface area (Å²) in [6.45, 7) is 3.65. The fourth-order valence-corrected chi connectivity index (χ4v) is 0.709. The van der Waals surface area contributed by atoms with Crippen molar-refractivity contribution in [1.29, 1.82) is 0 Å². The molecule has 0 atom stereocenters. The maximum Gasteiger partial charge on any atom is 0.266 e. The summed E-state index contributed by atoms with van der Waals surface area (Å²) in [6.07, 6.45) is 3.73. The van der Waals surface area contributed by atoms with Crippen LogP contribution in [0.1, 0.15) is 32.1 Å². The summed E-state index contributed by atoms with van der Waals surface area (Å²) in [4.78, 5) is 0. The van der Waals surface area contributed by atoms with Crippen molar-refractivity contribution in [1.82, 2.24) is 0 Å². The average Bonchev–Trinajstić information content (AvgIpc) is 1.87. The molecule has 59 valence electrons. The van der Waals surface area contributed by atoms with Crippen molar-refractivity contribution in [3.8, 4) is 0 Å². The number of allylic oxidation sites excluding steroid dienone is 1. The molecule has 2 heteroatoms. The number of unbranched alkanes of at least 4 members (excludes halogenated alkanes) is 4. The largest absolute Gasteiger partial charge is 0.266 e. The quantitative estimate of drug-likeness (QED) is 0.521. The molecule has 0 heterocycles. The second kappa shape index (κ2) is 6.72. The van der Waals surface area contributed by atoms with Gasteiger partial charge in [-0.25, -0.2) is 0 Å². The molecule has 0 aliphatic carbocycles. The lowest BCUT2D eigenvalue weighted by atomic mass is 10.1. The molecular formula is C8H13F2. The highest BCUT2D eigenvalue weighted by Crippen LogP contribution is 2.06. The first-order valence-corrected chi connectivity index (χ1v) is 3.57. The van der Waals surface area contributed by atoms with Crippen LogP contribution in [0.2, 0.25) is 0 Å². The molecule has 0 amide bonds. The van der Waals surface area contributed by atoms with Crippen LogP contribution in [-0.4, -0.2) is 0 Å². The first kappa shape index (κ1) is 9.60. The second-order valence-electron chi connectivity index (χ2n) is 2.20. The van der Waals surface area contributed by atoms with Crippen molar-refractivity contribution >= 4 is 0 Å². The van der Waals surface area contributed by atoms with Gasteiger partial charge in [-0.3, -0.25) is 0 Å². The number of hydrogen-bond acceptors (Lipinski definition) is 0. The molecule has 0 aromatic heterocycles. The number of rotatable bonds is 5. The first-order chi connectivity index (χ1) is 4.77. The molecule has 1 radical (unpaired) electrons. The SMILES string of the molecule is [CH2]CCCCCC=C(F)F. The third-order valence-corrected chi connectivity index (χ3v) is 1.25. The molecule has 10 heavy (non-hydrogen) atoms. The van der Waals surface area contributed by atoms with E-state index in [-0.39, 0.29) is 0 Å². The molecule has 0 saturated heterocycles. The van der Waals surface area contributed by atoms with Crippen LogP contribution < -0.4 is 0 Å². The van der Waals surface area contributed by atoms with Crippen molar-refractivity contribution < 1.29 is 8.78 Å². The van der Waals surface area contributed by atoms with Gasteiger partial charge < -0.3 is 0 Å². The molecule has 0 saturated carbocycles. The van der Waals surface area contributed by atoms with E-state index >= 15 is 0 Å². The highest BCUT2D eigenvalue weighted by atomic mass is 19.3. The van der Waals surface area contributed by atoms with E-state index in [1.807, 2.05) is 0 Å². The second-order valence-corrected chi connectivity index (χ2v) is 2.20. The zero-order valence-electron chi connectivity index (χ0n) is 6.08. The summed E-state index contributed by atoms with van der Waals surface area (Å²) in [6, 6.07) is 0. The number of halogens is 2. The summed E-state index contributed by atoms with van der Waals surface area (Å²) in [5, 5.41) is 0. The molecule has 0 aromatic carbocycles. The van der Waals surface area contributed by atoms with Crippen LogP contribution in [0.15, 0.2) is 12.2 Å². The van der Waals surface area contributed by atoms with Gasteiger partial charge >= 0.3 is 0 Å². The highest BCUT2D eigenvalue weighted by molar-refractivity contribution is 4.79. The Kier molecular flexibility index (Phi) is 6.45. The lowest BCUT2D eigenvalue weighted by molar-refractivity contribution is 0.416. The van der Waals surface area contributed by atoms with Gasteiger partial charge in [0.2, 0.25) is 0 Å². The highest BCUT2D eigenvalue weighted by Gasteiger charge is 1.88. The van der Waals surface area contributed by atoms with Gasteiger partial charge in [0.15, 0.2) is 0 Å². The smallest absolute Gasteiger partial charge is 0.174 e. The first-order valence-electron chi connectivity index (χ1n) is 3.57. The monoisotopic (exact) mass is 147 g/mol. The maximum atomic E-state index is 11.4. The molecule has 0 fully saturated rings. The summed E-state index contributed by atoms with van der Waals surface area (Å²) >= 11 is 0. The molecule has 0 N–H and O–H groups in total. The van der Waals surface area contributed by atoms with Crippen LogP contribution in [0.3, 0.4) is 0 Å². The van der Waals surface area contributed by atoms with Gasteiger partial charge in [-0.2, -0.15) is 8.78 Å². The molecular weight excluding hydrogens is 134 g/mol. The van der Waals surface area contributed by atoms with Gasteiger partial charge in [0, 0.05) is 0 Å². The Balaban J connectivity index is 2.98. The summed E-state index contributed by atoms with van der Waals surface area (Å²) in [5.41, 5.74) is 0. The Labute approximate surface area is 60.9 Å². The predicted octanol–water partition coefficient (Wildman–Crippen LogP) is 3.55. The van der Waals surface area contributed by atoms with Crippen molar-refractivity contribution in [2.45, 2.75) is 32.1 Å².